The van der Waals surface area contributed by atoms with Gasteiger partial charge in [0.1, 0.15) is 9.81 Å². The Balaban J connectivity index is 1.22. The highest BCUT2D eigenvalue weighted by atomic mass is 32.2. The molecular weight excluding hydrogens is 717 g/mol. The lowest BCUT2D eigenvalue weighted by Crippen LogP contribution is -2.27. The van der Waals surface area contributed by atoms with Gasteiger partial charge < -0.3 is 22.1 Å². The topological polar surface area (TPSA) is 285 Å². The zero-order valence-electron chi connectivity index (χ0n) is 26.4. The lowest BCUT2D eigenvalue weighted by Gasteiger charge is -2.18. The van der Waals surface area contributed by atoms with Gasteiger partial charge in [-0.2, -0.15) is 27.0 Å². The Morgan fingerprint density at radius 2 is 0.981 bits per heavy atom. The summed E-state index contributed by atoms with van der Waals surface area (Å²) in [6.45, 7) is 0. The summed E-state index contributed by atoms with van der Waals surface area (Å²) in [5, 5.41) is 12.9. The first-order valence-corrected chi connectivity index (χ1v) is 17.7. The number of ketones is 2. The molecule has 0 saturated carbocycles. The minimum absolute atomic E-state index is 0.0262. The molecule has 17 nitrogen and oxygen atoms in total. The van der Waals surface area contributed by atoms with Crippen molar-refractivity contribution in [1.29, 1.82) is 0 Å². The SMILES string of the molecule is Nc1cccc(N/N=C2/C(=O)c3ccc(NC(=O)Nc4ccc5c(c4)C=C(S(=O)(=O)O)/C(=N/Nc4cccc(N)c4)C5=O)cc3C=C2S(=O)(=O)O)c1. The third-order valence-electron chi connectivity index (χ3n) is 7.50. The van der Waals surface area contributed by atoms with Crippen LogP contribution in [0.25, 0.3) is 12.2 Å². The highest BCUT2D eigenvalue weighted by molar-refractivity contribution is 7.91. The van der Waals surface area contributed by atoms with Gasteiger partial charge in [-0.05, 0) is 96.1 Å². The van der Waals surface area contributed by atoms with Crippen LogP contribution < -0.4 is 33.0 Å². The number of carbonyl (C=O) groups is 3. The predicted molar refractivity (Wildman–Crippen MR) is 197 cm³/mol. The molecule has 2 amide bonds. The van der Waals surface area contributed by atoms with E-state index in [9.17, 15) is 40.3 Å². The second-order valence-electron chi connectivity index (χ2n) is 11.2. The normalized spacial score (nSPS) is 15.7. The quantitative estimate of drug-likeness (QED) is 0.0712. The highest BCUT2D eigenvalue weighted by Crippen LogP contribution is 2.30. The molecule has 0 aliphatic heterocycles. The Kier molecular flexibility index (Phi) is 9.17. The van der Waals surface area contributed by atoms with Crippen molar-refractivity contribution in [1.82, 2.24) is 0 Å². The number of amides is 2. The second kappa shape index (κ2) is 13.6. The number of urea groups is 1. The largest absolute Gasteiger partial charge is 0.399 e. The number of fused-ring (bicyclic) bond motifs is 2. The van der Waals surface area contributed by atoms with E-state index in [1.165, 1.54) is 48.5 Å². The lowest BCUT2D eigenvalue weighted by atomic mass is 9.94. The number of hydrazone groups is 2. The van der Waals surface area contributed by atoms with Gasteiger partial charge in [-0.3, -0.25) is 29.5 Å². The number of nitrogens with zero attached hydrogens (tertiary/aromatic N) is 2. The van der Waals surface area contributed by atoms with Gasteiger partial charge in [0, 0.05) is 33.9 Å². The number of hydrogen-bond acceptors (Lipinski definition) is 13. The Labute approximate surface area is 295 Å². The molecule has 52 heavy (non-hydrogen) atoms. The van der Waals surface area contributed by atoms with E-state index in [1.807, 2.05) is 0 Å². The van der Waals surface area contributed by atoms with Crippen molar-refractivity contribution < 1.29 is 40.3 Å². The van der Waals surface area contributed by atoms with E-state index in [1.54, 1.807) is 36.4 Å². The van der Waals surface area contributed by atoms with E-state index < -0.39 is 59.1 Å². The number of hydrogen-bond donors (Lipinski definition) is 8. The highest BCUT2D eigenvalue weighted by Gasteiger charge is 2.34. The summed E-state index contributed by atoms with van der Waals surface area (Å²) < 4.78 is 68.8. The molecule has 0 heterocycles. The molecule has 0 aromatic heterocycles. The summed E-state index contributed by atoms with van der Waals surface area (Å²) in [4.78, 5) is 38.0. The number of nitrogen functional groups attached to an aromatic ring is 2. The first-order chi connectivity index (χ1) is 24.6. The predicted octanol–water partition coefficient (Wildman–Crippen LogP) is 4.28. The maximum Gasteiger partial charge on any atom is 0.323 e. The van der Waals surface area contributed by atoms with E-state index in [4.69, 9.17) is 11.5 Å². The number of carbonyl (C=O) groups excluding carboxylic acids is 3. The second-order valence-corrected chi connectivity index (χ2v) is 14.0. The van der Waals surface area contributed by atoms with Gasteiger partial charge in [0.25, 0.3) is 20.2 Å². The standard InChI is InChI=1S/C33H26N8O9S2/c34-19-3-1-5-23(15-19)38-40-29-27(51(45,46)47)13-17-11-21(7-9-25(17)31(29)42)36-33(44)37-22-8-10-26-18(12-22)14-28(52(48,49)50)30(32(26)43)41-39-24-6-2-4-20(35)16-24/h1-16,38-39H,34-35H2,(H2,36,37,44)(H,45,46,47)(H,48,49,50)/b40-29-,41-30+. The molecule has 4 aromatic carbocycles. The smallest absolute Gasteiger partial charge is 0.323 e. The summed E-state index contributed by atoms with van der Waals surface area (Å²) in [6.07, 6.45) is 2.05. The first-order valence-electron chi connectivity index (χ1n) is 14.8. The number of Topliss-reactive ketones (excluding diaryl/α,β-unsaturated/α-hetero) is 2. The minimum atomic E-state index is -4.94. The third-order valence-corrected chi connectivity index (χ3v) is 9.23. The Bertz CT molecular complexity index is 2390. The molecule has 264 valence electrons. The molecule has 6 rings (SSSR count). The summed E-state index contributed by atoms with van der Waals surface area (Å²) in [5.41, 5.74) is 17.3. The van der Waals surface area contributed by atoms with Crippen LogP contribution in [0.4, 0.5) is 38.9 Å². The molecule has 2 aliphatic rings. The summed E-state index contributed by atoms with van der Waals surface area (Å²) in [6, 6.07) is 19.8. The summed E-state index contributed by atoms with van der Waals surface area (Å²) in [7, 11) is -9.88. The fraction of sp³-hybridized carbons (Fsp3) is 0. The number of rotatable bonds is 8. The van der Waals surface area contributed by atoms with Gasteiger partial charge in [0.05, 0.1) is 11.4 Å². The van der Waals surface area contributed by atoms with Gasteiger partial charge >= 0.3 is 6.03 Å². The number of nitrogens with one attached hydrogen (secondary N) is 4. The molecule has 0 spiro atoms. The van der Waals surface area contributed by atoms with Crippen LogP contribution in [0.3, 0.4) is 0 Å². The fourth-order valence-corrected chi connectivity index (χ4v) is 6.50. The lowest BCUT2D eigenvalue weighted by molar-refractivity contribution is 0.105. The van der Waals surface area contributed by atoms with E-state index in [0.717, 1.165) is 12.2 Å². The van der Waals surface area contributed by atoms with Crippen LogP contribution in [0, 0.1) is 0 Å². The Morgan fingerprint density at radius 1 is 0.577 bits per heavy atom. The minimum Gasteiger partial charge on any atom is -0.399 e. The third kappa shape index (κ3) is 7.56. The molecule has 0 fully saturated rings. The van der Waals surface area contributed by atoms with Gasteiger partial charge in [0.2, 0.25) is 11.6 Å². The van der Waals surface area contributed by atoms with Crippen molar-refractivity contribution in [2.45, 2.75) is 0 Å². The van der Waals surface area contributed by atoms with Crippen molar-refractivity contribution >= 4 is 95.5 Å². The van der Waals surface area contributed by atoms with Crippen molar-refractivity contribution in [2.24, 2.45) is 10.2 Å². The maximum atomic E-state index is 13.3. The van der Waals surface area contributed by atoms with E-state index in [2.05, 4.69) is 31.7 Å². The van der Waals surface area contributed by atoms with E-state index in [-0.39, 0.29) is 33.6 Å². The molecular formula is C33H26N8O9S2. The summed E-state index contributed by atoms with van der Waals surface area (Å²) >= 11 is 0. The molecule has 0 radical (unpaired) electrons. The van der Waals surface area contributed by atoms with Crippen LogP contribution in [0.15, 0.2) is 105 Å². The van der Waals surface area contributed by atoms with E-state index in [0.29, 0.717) is 22.7 Å². The molecule has 0 unspecified atom stereocenters. The molecule has 2 aliphatic carbocycles. The number of allylic oxidation sites excluding steroid dienone is 2. The zero-order chi connectivity index (χ0) is 37.4. The number of benzene rings is 4. The zero-order valence-corrected chi connectivity index (χ0v) is 28.0. The Morgan fingerprint density at radius 3 is 1.35 bits per heavy atom. The van der Waals surface area contributed by atoms with Crippen LogP contribution in [-0.4, -0.2) is 55.0 Å². The van der Waals surface area contributed by atoms with Gasteiger partial charge in [-0.15, -0.1) is 0 Å². The monoisotopic (exact) mass is 742 g/mol. The van der Waals surface area contributed by atoms with Crippen molar-refractivity contribution in [2.75, 3.05) is 33.0 Å². The number of nitrogens with two attached hydrogens (primary N) is 2. The van der Waals surface area contributed by atoms with Gasteiger partial charge in [-0.1, -0.05) is 12.1 Å². The number of anilines is 6. The Hall–Kier alpha value is -6.67. The fourth-order valence-electron chi connectivity index (χ4n) is 5.19. The molecule has 10 N–H and O–H groups in total. The van der Waals surface area contributed by atoms with Crippen LogP contribution in [-0.2, 0) is 20.2 Å². The molecule has 4 aromatic rings. The molecule has 19 heteroatoms. The van der Waals surface area contributed by atoms with Crippen LogP contribution in [0.2, 0.25) is 0 Å². The molecule has 0 bridgehead atoms. The van der Waals surface area contributed by atoms with Crippen LogP contribution in [0.5, 0.6) is 0 Å². The van der Waals surface area contributed by atoms with Crippen LogP contribution >= 0.6 is 0 Å². The van der Waals surface area contributed by atoms with Gasteiger partial charge in [0.15, 0.2) is 11.4 Å². The van der Waals surface area contributed by atoms with Gasteiger partial charge in [-0.25, -0.2) is 4.79 Å². The van der Waals surface area contributed by atoms with E-state index >= 15 is 0 Å². The maximum absolute atomic E-state index is 13.3. The van der Waals surface area contributed by atoms with Crippen molar-refractivity contribution in [3.8, 4) is 0 Å². The summed E-state index contributed by atoms with van der Waals surface area (Å²) in [5.74, 6) is -1.65. The molecule has 0 atom stereocenters. The van der Waals surface area contributed by atoms with Crippen molar-refractivity contribution in [3.05, 3.63) is 117 Å². The first kappa shape index (κ1) is 35.2. The van der Waals surface area contributed by atoms with Crippen LogP contribution in [0.1, 0.15) is 31.8 Å². The average Bonchev–Trinajstić information content (AvgIpc) is 3.06. The average molecular weight is 743 g/mol. The van der Waals surface area contributed by atoms with Crippen molar-refractivity contribution in [3.63, 3.8) is 0 Å². The molecule has 0 saturated heterocycles.